The van der Waals surface area contributed by atoms with E-state index in [1.54, 1.807) is 0 Å². The molecule has 1 aromatic rings. The normalized spacial score (nSPS) is 26.8. The summed E-state index contributed by atoms with van der Waals surface area (Å²) in [7, 11) is 2.07. The fourth-order valence-electron chi connectivity index (χ4n) is 3.15. The first-order valence-corrected chi connectivity index (χ1v) is 7.43. The first-order valence-electron chi connectivity index (χ1n) is 7.43. The van der Waals surface area contributed by atoms with Crippen LogP contribution in [0.1, 0.15) is 43.6 Å². The van der Waals surface area contributed by atoms with Gasteiger partial charge >= 0.3 is 0 Å². The molecule has 0 bridgehead atoms. The van der Waals surface area contributed by atoms with Crippen LogP contribution in [-0.4, -0.2) is 26.3 Å². The molecule has 0 unspecified atom stereocenters. The molecule has 0 aromatic heterocycles. The van der Waals surface area contributed by atoms with Crippen molar-refractivity contribution in [3.05, 3.63) is 23.8 Å². The Labute approximate surface area is 115 Å². The Balaban J connectivity index is 1.73. The minimum Gasteiger partial charge on any atom is -0.490 e. The van der Waals surface area contributed by atoms with Gasteiger partial charge in [-0.15, -0.1) is 0 Å². The van der Waals surface area contributed by atoms with E-state index in [1.165, 1.54) is 31.2 Å². The molecule has 1 N–H and O–H groups in total. The van der Waals surface area contributed by atoms with Gasteiger partial charge in [-0.3, -0.25) is 0 Å². The fourth-order valence-corrected chi connectivity index (χ4v) is 3.15. The zero-order valence-corrected chi connectivity index (χ0v) is 11.7. The maximum Gasteiger partial charge on any atom is 0.161 e. The van der Waals surface area contributed by atoms with Gasteiger partial charge in [0.15, 0.2) is 11.5 Å². The number of hydrogen-bond acceptors (Lipinski definition) is 3. The lowest BCUT2D eigenvalue weighted by Crippen LogP contribution is -2.29. The molecule has 0 amide bonds. The number of hydrogen-bond donors (Lipinski definition) is 1. The van der Waals surface area contributed by atoms with Gasteiger partial charge in [-0.1, -0.05) is 6.07 Å². The van der Waals surface area contributed by atoms with Gasteiger partial charge in [-0.05, 0) is 56.3 Å². The van der Waals surface area contributed by atoms with Crippen LogP contribution in [0.2, 0.25) is 0 Å². The SMILES string of the molecule is CNC1CCC(c2ccc3c(c2)OCCCO3)CC1. The Hall–Kier alpha value is -1.22. The van der Waals surface area contributed by atoms with Crippen molar-refractivity contribution in [3.63, 3.8) is 0 Å². The van der Waals surface area contributed by atoms with Crippen molar-refractivity contribution >= 4 is 0 Å². The smallest absolute Gasteiger partial charge is 0.161 e. The molecule has 0 radical (unpaired) electrons. The van der Waals surface area contributed by atoms with Crippen LogP contribution in [0.15, 0.2) is 18.2 Å². The zero-order chi connectivity index (χ0) is 13.1. The van der Waals surface area contributed by atoms with Gasteiger partial charge < -0.3 is 14.8 Å². The zero-order valence-electron chi connectivity index (χ0n) is 11.7. The molecule has 3 nitrogen and oxygen atoms in total. The Bertz CT molecular complexity index is 425. The molecule has 0 saturated heterocycles. The average molecular weight is 261 g/mol. The van der Waals surface area contributed by atoms with Gasteiger partial charge in [-0.25, -0.2) is 0 Å². The fraction of sp³-hybridized carbons (Fsp3) is 0.625. The second-order valence-electron chi connectivity index (χ2n) is 5.59. The van der Waals surface area contributed by atoms with E-state index in [0.717, 1.165) is 31.1 Å². The van der Waals surface area contributed by atoms with Crippen molar-refractivity contribution in [2.24, 2.45) is 0 Å². The number of rotatable bonds is 2. The first-order chi connectivity index (χ1) is 9.36. The third kappa shape index (κ3) is 2.86. The van der Waals surface area contributed by atoms with E-state index in [2.05, 4.69) is 30.6 Å². The molecule has 1 heterocycles. The molecule has 1 aliphatic carbocycles. The molecule has 1 aromatic carbocycles. The third-order valence-corrected chi connectivity index (χ3v) is 4.38. The number of nitrogens with one attached hydrogen (secondary N) is 1. The molecule has 3 heteroatoms. The van der Waals surface area contributed by atoms with Crippen molar-refractivity contribution < 1.29 is 9.47 Å². The van der Waals surface area contributed by atoms with E-state index >= 15 is 0 Å². The lowest BCUT2D eigenvalue weighted by molar-refractivity contribution is 0.296. The van der Waals surface area contributed by atoms with Gasteiger partial charge in [0, 0.05) is 12.5 Å². The molecule has 19 heavy (non-hydrogen) atoms. The van der Waals surface area contributed by atoms with Crippen molar-refractivity contribution in [3.8, 4) is 11.5 Å². The first kappa shape index (κ1) is 12.8. The second kappa shape index (κ2) is 5.83. The average Bonchev–Trinajstić information content (AvgIpc) is 2.72. The summed E-state index contributed by atoms with van der Waals surface area (Å²) in [6.45, 7) is 1.53. The Morgan fingerprint density at radius 2 is 1.74 bits per heavy atom. The molecule has 1 fully saturated rings. The topological polar surface area (TPSA) is 30.5 Å². The van der Waals surface area contributed by atoms with Crippen LogP contribution in [0.3, 0.4) is 0 Å². The van der Waals surface area contributed by atoms with Crippen molar-refractivity contribution in [1.82, 2.24) is 5.32 Å². The van der Waals surface area contributed by atoms with Crippen LogP contribution in [0, 0.1) is 0 Å². The molecular weight excluding hydrogens is 238 g/mol. The van der Waals surface area contributed by atoms with Crippen LogP contribution in [0.4, 0.5) is 0 Å². The summed E-state index contributed by atoms with van der Waals surface area (Å²) in [4.78, 5) is 0. The van der Waals surface area contributed by atoms with E-state index in [1.807, 2.05) is 0 Å². The molecule has 1 saturated carbocycles. The predicted octanol–water partition coefficient (Wildman–Crippen LogP) is 3.09. The summed E-state index contributed by atoms with van der Waals surface area (Å²) in [5, 5.41) is 3.39. The molecule has 1 aliphatic heterocycles. The minimum absolute atomic E-state index is 0.682. The van der Waals surface area contributed by atoms with Gasteiger partial charge in [-0.2, -0.15) is 0 Å². The summed E-state index contributed by atoms with van der Waals surface area (Å²) in [5.74, 6) is 2.53. The maximum absolute atomic E-state index is 5.78. The molecule has 0 spiro atoms. The Kier molecular flexibility index (Phi) is 3.92. The Morgan fingerprint density at radius 1 is 1.00 bits per heavy atom. The molecular formula is C16H23NO2. The van der Waals surface area contributed by atoms with E-state index < -0.39 is 0 Å². The summed E-state index contributed by atoms with van der Waals surface area (Å²) in [6, 6.07) is 7.21. The second-order valence-corrected chi connectivity index (χ2v) is 5.59. The predicted molar refractivity (Wildman–Crippen MR) is 76.1 cm³/mol. The quantitative estimate of drug-likeness (QED) is 0.887. The standard InChI is InChI=1S/C16H23NO2/c1-17-14-6-3-12(4-7-14)13-5-8-15-16(11-13)19-10-2-9-18-15/h5,8,11-12,14,17H,2-4,6-7,9-10H2,1H3. The van der Waals surface area contributed by atoms with Crippen LogP contribution in [0.5, 0.6) is 11.5 Å². The van der Waals surface area contributed by atoms with E-state index in [-0.39, 0.29) is 0 Å². The maximum atomic E-state index is 5.78. The Morgan fingerprint density at radius 3 is 2.47 bits per heavy atom. The summed E-state index contributed by atoms with van der Waals surface area (Å²) < 4.78 is 11.5. The van der Waals surface area contributed by atoms with E-state index in [0.29, 0.717) is 12.0 Å². The highest BCUT2D eigenvalue weighted by atomic mass is 16.5. The highest BCUT2D eigenvalue weighted by Crippen LogP contribution is 2.38. The van der Waals surface area contributed by atoms with Gasteiger partial charge in [0.1, 0.15) is 0 Å². The van der Waals surface area contributed by atoms with Crippen LogP contribution in [-0.2, 0) is 0 Å². The highest BCUT2D eigenvalue weighted by Gasteiger charge is 2.22. The van der Waals surface area contributed by atoms with E-state index in [4.69, 9.17) is 9.47 Å². The summed E-state index contributed by atoms with van der Waals surface area (Å²) >= 11 is 0. The van der Waals surface area contributed by atoms with Crippen molar-refractivity contribution in [1.29, 1.82) is 0 Å². The van der Waals surface area contributed by atoms with Crippen molar-refractivity contribution in [2.75, 3.05) is 20.3 Å². The van der Waals surface area contributed by atoms with Crippen LogP contribution >= 0.6 is 0 Å². The van der Waals surface area contributed by atoms with Crippen LogP contribution in [0.25, 0.3) is 0 Å². The highest BCUT2D eigenvalue weighted by molar-refractivity contribution is 5.44. The lowest BCUT2D eigenvalue weighted by atomic mass is 9.82. The molecule has 0 atom stereocenters. The monoisotopic (exact) mass is 261 g/mol. The largest absolute Gasteiger partial charge is 0.490 e. The number of ether oxygens (including phenoxy) is 2. The summed E-state index contributed by atoms with van der Waals surface area (Å²) in [5.41, 5.74) is 1.42. The van der Waals surface area contributed by atoms with Crippen LogP contribution < -0.4 is 14.8 Å². The molecule has 3 rings (SSSR count). The van der Waals surface area contributed by atoms with Gasteiger partial charge in [0.25, 0.3) is 0 Å². The number of fused-ring (bicyclic) bond motifs is 1. The minimum atomic E-state index is 0.682. The lowest BCUT2D eigenvalue weighted by Gasteiger charge is -2.28. The summed E-state index contributed by atoms with van der Waals surface area (Å²) in [6.07, 6.45) is 6.05. The van der Waals surface area contributed by atoms with E-state index in [9.17, 15) is 0 Å². The van der Waals surface area contributed by atoms with Gasteiger partial charge in [0.05, 0.1) is 13.2 Å². The van der Waals surface area contributed by atoms with Crippen molar-refractivity contribution in [2.45, 2.75) is 44.1 Å². The van der Waals surface area contributed by atoms with Gasteiger partial charge in [0.2, 0.25) is 0 Å². The molecule has 104 valence electrons. The molecule has 2 aliphatic rings. The number of benzene rings is 1. The third-order valence-electron chi connectivity index (χ3n) is 4.38.